The quantitative estimate of drug-likeness (QED) is 0.787. The van der Waals surface area contributed by atoms with Crippen molar-refractivity contribution in [3.8, 4) is 5.75 Å². The summed E-state index contributed by atoms with van der Waals surface area (Å²) in [7, 11) is 1.65. The van der Waals surface area contributed by atoms with Crippen molar-refractivity contribution in [3.05, 3.63) is 57.3 Å². The van der Waals surface area contributed by atoms with Crippen LogP contribution in [0.25, 0.3) is 0 Å². The largest absolute Gasteiger partial charge is 0.496 e. The summed E-state index contributed by atoms with van der Waals surface area (Å²) < 4.78 is 5.33. The first-order valence-electron chi connectivity index (χ1n) is 9.26. The van der Waals surface area contributed by atoms with Gasteiger partial charge in [-0.05, 0) is 31.4 Å². The summed E-state index contributed by atoms with van der Waals surface area (Å²) in [4.78, 5) is 33.7. The van der Waals surface area contributed by atoms with E-state index >= 15 is 0 Å². The number of para-hydroxylation sites is 1. The summed E-state index contributed by atoms with van der Waals surface area (Å²) in [5, 5.41) is 2.97. The zero-order chi connectivity index (χ0) is 19.2. The Bertz CT molecular complexity index is 863. The summed E-state index contributed by atoms with van der Waals surface area (Å²) >= 11 is 0. The Labute approximate surface area is 158 Å². The third-order valence-corrected chi connectivity index (χ3v) is 4.84. The first kappa shape index (κ1) is 19.1. The van der Waals surface area contributed by atoms with Crippen LogP contribution in [0.4, 0.5) is 0 Å². The van der Waals surface area contributed by atoms with Gasteiger partial charge in [-0.2, -0.15) is 0 Å². The Morgan fingerprint density at radius 3 is 2.89 bits per heavy atom. The molecular formula is C20H26N4O3. The molecule has 2 N–H and O–H groups in total. The molecule has 0 spiro atoms. The second kappa shape index (κ2) is 8.81. The monoisotopic (exact) mass is 370 g/mol. The number of methoxy groups -OCH3 is 1. The van der Waals surface area contributed by atoms with Gasteiger partial charge in [-0.3, -0.25) is 14.5 Å². The molecule has 0 bridgehead atoms. The van der Waals surface area contributed by atoms with Gasteiger partial charge in [0.25, 0.3) is 5.56 Å². The van der Waals surface area contributed by atoms with Crippen LogP contribution in [0.5, 0.6) is 5.75 Å². The first-order valence-corrected chi connectivity index (χ1v) is 9.26. The average Bonchev–Trinajstić information content (AvgIpc) is 2.85. The molecule has 2 heterocycles. The number of hydrogen-bond donors (Lipinski definition) is 2. The van der Waals surface area contributed by atoms with Crippen LogP contribution < -0.4 is 15.6 Å². The molecule has 1 aromatic heterocycles. The van der Waals surface area contributed by atoms with E-state index in [0.29, 0.717) is 38.3 Å². The van der Waals surface area contributed by atoms with Gasteiger partial charge in [-0.1, -0.05) is 18.2 Å². The standard InChI is InChI=1S/C20H26N4O3/c1-14-22-17-9-12-24(11-8-16(17)20(26)23-14)13-19(25)21-10-7-15-5-3-4-6-18(15)27-2/h3-6H,7-13H2,1-2H3,(H,21,25)(H,22,23,26). The highest BCUT2D eigenvalue weighted by molar-refractivity contribution is 5.78. The van der Waals surface area contributed by atoms with Gasteiger partial charge in [0.1, 0.15) is 11.6 Å². The number of nitrogens with one attached hydrogen (secondary N) is 2. The van der Waals surface area contributed by atoms with E-state index in [4.69, 9.17) is 4.74 Å². The third-order valence-electron chi connectivity index (χ3n) is 4.84. The third kappa shape index (κ3) is 4.95. The molecule has 3 rings (SSSR count). The minimum Gasteiger partial charge on any atom is -0.496 e. The van der Waals surface area contributed by atoms with E-state index in [0.717, 1.165) is 35.5 Å². The molecule has 1 aromatic carbocycles. The number of aryl methyl sites for hydroxylation is 1. The first-order chi connectivity index (χ1) is 13.1. The number of aromatic nitrogens is 2. The Hall–Kier alpha value is -2.67. The van der Waals surface area contributed by atoms with Gasteiger partial charge in [-0.15, -0.1) is 0 Å². The van der Waals surface area contributed by atoms with E-state index in [1.807, 2.05) is 24.3 Å². The van der Waals surface area contributed by atoms with Crippen LogP contribution in [0.1, 0.15) is 22.6 Å². The number of benzene rings is 1. The van der Waals surface area contributed by atoms with Crippen LogP contribution in [0.3, 0.4) is 0 Å². The molecule has 0 saturated heterocycles. The van der Waals surface area contributed by atoms with Crippen molar-refractivity contribution in [2.45, 2.75) is 26.2 Å². The maximum Gasteiger partial charge on any atom is 0.254 e. The summed E-state index contributed by atoms with van der Waals surface area (Å²) in [6, 6.07) is 7.82. The Kier molecular flexibility index (Phi) is 6.24. The molecular weight excluding hydrogens is 344 g/mol. The Morgan fingerprint density at radius 2 is 2.07 bits per heavy atom. The zero-order valence-electron chi connectivity index (χ0n) is 15.9. The summed E-state index contributed by atoms with van der Waals surface area (Å²) in [6.45, 7) is 4.09. The van der Waals surface area contributed by atoms with E-state index in [1.54, 1.807) is 14.0 Å². The fourth-order valence-electron chi connectivity index (χ4n) is 3.44. The highest BCUT2D eigenvalue weighted by Gasteiger charge is 2.19. The van der Waals surface area contributed by atoms with Crippen LogP contribution in [-0.2, 0) is 24.1 Å². The minimum atomic E-state index is -0.0550. The van der Waals surface area contributed by atoms with E-state index < -0.39 is 0 Å². The summed E-state index contributed by atoms with van der Waals surface area (Å²) in [6.07, 6.45) is 2.03. The normalized spacial score (nSPS) is 14.3. The molecule has 0 unspecified atom stereocenters. The van der Waals surface area contributed by atoms with Gasteiger partial charge in [0, 0.05) is 31.6 Å². The molecule has 0 aliphatic carbocycles. The van der Waals surface area contributed by atoms with Crippen LogP contribution in [0, 0.1) is 6.92 Å². The van der Waals surface area contributed by atoms with E-state index in [-0.39, 0.29) is 11.5 Å². The SMILES string of the molecule is COc1ccccc1CCNC(=O)CN1CCc2nc(C)[nH]c(=O)c2CC1. The fourth-order valence-corrected chi connectivity index (χ4v) is 3.44. The highest BCUT2D eigenvalue weighted by Crippen LogP contribution is 2.17. The Morgan fingerprint density at radius 1 is 1.30 bits per heavy atom. The van der Waals surface area contributed by atoms with Gasteiger partial charge in [0.15, 0.2) is 0 Å². The minimum absolute atomic E-state index is 0.00565. The molecule has 0 atom stereocenters. The molecule has 1 aliphatic rings. The molecule has 7 heteroatoms. The summed E-state index contributed by atoms with van der Waals surface area (Å²) in [5.41, 5.74) is 2.63. The van der Waals surface area contributed by atoms with Crippen molar-refractivity contribution in [2.75, 3.05) is 33.3 Å². The second-order valence-electron chi connectivity index (χ2n) is 6.76. The van der Waals surface area contributed by atoms with Crippen LogP contribution in [0.2, 0.25) is 0 Å². The number of rotatable bonds is 6. The van der Waals surface area contributed by atoms with E-state index in [2.05, 4.69) is 20.2 Å². The maximum atomic E-state index is 12.3. The van der Waals surface area contributed by atoms with Crippen molar-refractivity contribution < 1.29 is 9.53 Å². The number of ether oxygens (including phenoxy) is 1. The lowest BCUT2D eigenvalue weighted by Crippen LogP contribution is -2.39. The van der Waals surface area contributed by atoms with Gasteiger partial charge in [0.2, 0.25) is 5.91 Å². The number of nitrogens with zero attached hydrogens (tertiary/aromatic N) is 2. The van der Waals surface area contributed by atoms with Gasteiger partial charge in [0.05, 0.1) is 19.3 Å². The van der Waals surface area contributed by atoms with Gasteiger partial charge < -0.3 is 15.0 Å². The van der Waals surface area contributed by atoms with Crippen molar-refractivity contribution >= 4 is 5.91 Å². The van der Waals surface area contributed by atoms with Crippen LogP contribution in [0.15, 0.2) is 29.1 Å². The Balaban J connectivity index is 1.49. The van der Waals surface area contributed by atoms with Gasteiger partial charge >= 0.3 is 0 Å². The highest BCUT2D eigenvalue weighted by atomic mass is 16.5. The molecule has 144 valence electrons. The molecule has 0 fully saturated rings. The van der Waals surface area contributed by atoms with Crippen molar-refractivity contribution in [1.29, 1.82) is 0 Å². The molecule has 0 radical (unpaired) electrons. The van der Waals surface area contributed by atoms with Crippen LogP contribution >= 0.6 is 0 Å². The predicted octanol–water partition coefficient (Wildman–Crippen LogP) is 0.846. The van der Waals surface area contributed by atoms with Crippen molar-refractivity contribution in [2.24, 2.45) is 0 Å². The second-order valence-corrected chi connectivity index (χ2v) is 6.76. The fraction of sp³-hybridized carbons (Fsp3) is 0.450. The zero-order valence-corrected chi connectivity index (χ0v) is 15.9. The maximum absolute atomic E-state index is 12.3. The molecule has 7 nitrogen and oxygen atoms in total. The number of amides is 1. The number of H-pyrrole nitrogens is 1. The number of hydrogen-bond acceptors (Lipinski definition) is 5. The van der Waals surface area contributed by atoms with Crippen molar-refractivity contribution in [3.63, 3.8) is 0 Å². The van der Waals surface area contributed by atoms with Gasteiger partial charge in [-0.25, -0.2) is 4.98 Å². The summed E-state index contributed by atoms with van der Waals surface area (Å²) in [5.74, 6) is 1.47. The smallest absolute Gasteiger partial charge is 0.254 e. The molecule has 1 aliphatic heterocycles. The number of aromatic amines is 1. The topological polar surface area (TPSA) is 87.3 Å². The lowest BCUT2D eigenvalue weighted by molar-refractivity contribution is -0.122. The van der Waals surface area contributed by atoms with E-state index in [1.165, 1.54) is 0 Å². The average molecular weight is 370 g/mol. The molecule has 2 aromatic rings. The van der Waals surface area contributed by atoms with Crippen molar-refractivity contribution in [1.82, 2.24) is 20.2 Å². The number of fused-ring (bicyclic) bond motifs is 1. The molecule has 1 amide bonds. The number of carbonyl (C=O) groups excluding carboxylic acids is 1. The molecule has 27 heavy (non-hydrogen) atoms. The molecule has 0 saturated carbocycles. The lowest BCUT2D eigenvalue weighted by atomic mass is 10.1. The van der Waals surface area contributed by atoms with E-state index in [9.17, 15) is 9.59 Å². The number of carbonyl (C=O) groups is 1. The van der Waals surface area contributed by atoms with Crippen LogP contribution in [-0.4, -0.2) is 54.1 Å². The lowest BCUT2D eigenvalue weighted by Gasteiger charge is -2.19. The predicted molar refractivity (Wildman–Crippen MR) is 103 cm³/mol.